The fraction of sp³-hybridized carbons (Fsp3) is 0.174. The number of carbonyl (C=O) groups excluding carboxylic acids is 1. The number of hydrogen-bond donors (Lipinski definition) is 1. The summed E-state index contributed by atoms with van der Waals surface area (Å²) in [5, 5.41) is 4.51. The number of amides is 1. The number of halogens is 1. The fourth-order valence-electron chi connectivity index (χ4n) is 3.26. The summed E-state index contributed by atoms with van der Waals surface area (Å²) >= 11 is 8.72. The minimum atomic E-state index is -0.198. The van der Waals surface area contributed by atoms with E-state index in [9.17, 15) is 9.59 Å². The standard InChI is InChI=1S/C23H20ClN3O2S2/c1-13-6-4-9-18(10-13)27-22(29)20-14(2)15(3)31-21(20)26-23(27)30-12-19(28)25-17-8-5-7-16(24)11-17/h4-11H,12H2,1-3H3,(H,25,28). The fourth-order valence-corrected chi connectivity index (χ4v) is 5.33. The molecule has 4 aromatic rings. The van der Waals surface area contributed by atoms with Crippen LogP contribution in [0.1, 0.15) is 16.0 Å². The maximum absolute atomic E-state index is 13.5. The van der Waals surface area contributed by atoms with Crippen LogP contribution in [0, 0.1) is 20.8 Å². The van der Waals surface area contributed by atoms with E-state index in [0.29, 0.717) is 26.1 Å². The molecule has 5 nitrogen and oxygen atoms in total. The molecule has 0 atom stereocenters. The van der Waals surface area contributed by atoms with Gasteiger partial charge in [0.05, 0.1) is 16.8 Å². The molecule has 0 saturated carbocycles. The lowest BCUT2D eigenvalue weighted by molar-refractivity contribution is -0.113. The first-order valence-electron chi connectivity index (χ1n) is 9.61. The Balaban J connectivity index is 1.71. The normalized spacial score (nSPS) is 11.1. The lowest BCUT2D eigenvalue weighted by atomic mass is 10.2. The van der Waals surface area contributed by atoms with Gasteiger partial charge in [0.2, 0.25) is 5.91 Å². The summed E-state index contributed by atoms with van der Waals surface area (Å²) in [6.45, 7) is 5.91. The second kappa shape index (κ2) is 8.86. The Bertz CT molecular complexity index is 1360. The summed E-state index contributed by atoms with van der Waals surface area (Å²) < 4.78 is 1.60. The second-order valence-electron chi connectivity index (χ2n) is 7.18. The van der Waals surface area contributed by atoms with E-state index in [1.165, 1.54) is 23.1 Å². The quantitative estimate of drug-likeness (QED) is 0.298. The van der Waals surface area contributed by atoms with Crippen molar-refractivity contribution in [3.05, 3.63) is 79.9 Å². The van der Waals surface area contributed by atoms with E-state index < -0.39 is 0 Å². The van der Waals surface area contributed by atoms with Gasteiger partial charge in [-0.15, -0.1) is 11.3 Å². The number of thiophene rings is 1. The highest BCUT2D eigenvalue weighted by molar-refractivity contribution is 7.99. The maximum atomic E-state index is 13.5. The van der Waals surface area contributed by atoms with Crippen LogP contribution in [0.25, 0.3) is 15.9 Å². The van der Waals surface area contributed by atoms with Gasteiger partial charge in [-0.1, -0.05) is 41.6 Å². The monoisotopic (exact) mass is 469 g/mol. The van der Waals surface area contributed by atoms with E-state index >= 15 is 0 Å². The Morgan fingerprint density at radius 3 is 2.68 bits per heavy atom. The molecule has 0 saturated heterocycles. The number of nitrogens with one attached hydrogen (secondary N) is 1. The summed E-state index contributed by atoms with van der Waals surface area (Å²) in [6, 6.07) is 14.7. The molecule has 158 valence electrons. The average Bonchev–Trinajstić information content (AvgIpc) is 3.00. The van der Waals surface area contributed by atoms with Crippen molar-refractivity contribution in [2.24, 2.45) is 0 Å². The van der Waals surface area contributed by atoms with Gasteiger partial charge < -0.3 is 5.32 Å². The molecule has 2 heterocycles. The Labute approximate surface area is 193 Å². The topological polar surface area (TPSA) is 64.0 Å². The van der Waals surface area contributed by atoms with Crippen LogP contribution in [0.4, 0.5) is 5.69 Å². The van der Waals surface area contributed by atoms with Crippen LogP contribution in [0.2, 0.25) is 5.02 Å². The first-order chi connectivity index (χ1) is 14.8. The minimum absolute atomic E-state index is 0.111. The number of fused-ring (bicyclic) bond motifs is 1. The molecule has 1 amide bonds. The minimum Gasteiger partial charge on any atom is -0.325 e. The summed E-state index contributed by atoms with van der Waals surface area (Å²) in [5.74, 6) is -0.0875. The van der Waals surface area contributed by atoms with Crippen molar-refractivity contribution in [1.29, 1.82) is 0 Å². The van der Waals surface area contributed by atoms with Crippen LogP contribution >= 0.6 is 34.7 Å². The molecule has 0 aliphatic heterocycles. The summed E-state index contributed by atoms with van der Waals surface area (Å²) in [4.78, 5) is 32.5. The van der Waals surface area contributed by atoms with Gasteiger partial charge in [-0.3, -0.25) is 14.2 Å². The summed E-state index contributed by atoms with van der Waals surface area (Å²) in [5.41, 5.74) is 3.24. The average molecular weight is 470 g/mol. The Morgan fingerprint density at radius 1 is 1.16 bits per heavy atom. The number of benzene rings is 2. The highest BCUT2D eigenvalue weighted by atomic mass is 35.5. The van der Waals surface area contributed by atoms with E-state index in [2.05, 4.69) is 5.32 Å². The van der Waals surface area contributed by atoms with Gasteiger partial charge in [0.1, 0.15) is 4.83 Å². The zero-order valence-corrected chi connectivity index (χ0v) is 19.6. The molecule has 2 aromatic carbocycles. The zero-order valence-electron chi connectivity index (χ0n) is 17.2. The molecule has 4 rings (SSSR count). The Kier molecular flexibility index (Phi) is 6.18. The second-order valence-corrected chi connectivity index (χ2v) is 9.77. The molecular formula is C23H20ClN3O2S2. The van der Waals surface area contributed by atoms with E-state index in [0.717, 1.165) is 21.7 Å². The number of thioether (sulfide) groups is 1. The van der Waals surface area contributed by atoms with E-state index in [1.54, 1.807) is 28.8 Å². The van der Waals surface area contributed by atoms with Crippen LogP contribution < -0.4 is 10.9 Å². The third kappa shape index (κ3) is 4.54. The zero-order chi connectivity index (χ0) is 22.1. The van der Waals surface area contributed by atoms with Crippen molar-refractivity contribution < 1.29 is 4.79 Å². The van der Waals surface area contributed by atoms with Gasteiger partial charge in [0, 0.05) is 15.6 Å². The van der Waals surface area contributed by atoms with Gasteiger partial charge in [-0.25, -0.2) is 4.98 Å². The lowest BCUT2D eigenvalue weighted by Crippen LogP contribution is -2.23. The molecule has 0 aliphatic rings. The Morgan fingerprint density at radius 2 is 1.94 bits per heavy atom. The predicted octanol–water partition coefficient (Wildman–Crippen LogP) is 5.76. The van der Waals surface area contributed by atoms with Crippen molar-refractivity contribution in [3.63, 3.8) is 0 Å². The molecular weight excluding hydrogens is 450 g/mol. The molecule has 1 N–H and O–H groups in total. The third-order valence-corrected chi connectivity index (χ3v) is 7.15. The van der Waals surface area contributed by atoms with Gasteiger partial charge in [0.15, 0.2) is 5.16 Å². The molecule has 0 unspecified atom stereocenters. The maximum Gasteiger partial charge on any atom is 0.267 e. The number of aromatic nitrogens is 2. The number of carbonyl (C=O) groups is 1. The van der Waals surface area contributed by atoms with E-state index in [1.807, 2.05) is 45.0 Å². The molecule has 0 bridgehead atoms. The number of nitrogens with zero attached hydrogens (tertiary/aromatic N) is 2. The first-order valence-corrected chi connectivity index (χ1v) is 11.8. The van der Waals surface area contributed by atoms with E-state index in [4.69, 9.17) is 16.6 Å². The molecule has 31 heavy (non-hydrogen) atoms. The number of anilines is 1. The van der Waals surface area contributed by atoms with Crippen molar-refractivity contribution in [2.75, 3.05) is 11.1 Å². The highest BCUT2D eigenvalue weighted by Gasteiger charge is 2.19. The first kappa shape index (κ1) is 21.6. The number of aryl methyl sites for hydroxylation is 3. The van der Waals surface area contributed by atoms with Crippen molar-refractivity contribution in [2.45, 2.75) is 25.9 Å². The SMILES string of the molecule is Cc1cccc(-n2c(SCC(=O)Nc3cccc(Cl)c3)nc3sc(C)c(C)c3c2=O)c1. The van der Waals surface area contributed by atoms with Crippen LogP contribution in [0.5, 0.6) is 0 Å². The Hall–Kier alpha value is -2.61. The molecule has 0 fully saturated rings. The number of rotatable bonds is 5. The van der Waals surface area contributed by atoms with Gasteiger partial charge in [-0.05, 0) is 62.2 Å². The lowest BCUT2D eigenvalue weighted by Gasteiger charge is -2.13. The predicted molar refractivity (Wildman–Crippen MR) is 130 cm³/mol. The largest absolute Gasteiger partial charge is 0.325 e. The van der Waals surface area contributed by atoms with Crippen LogP contribution in [0.15, 0.2) is 58.5 Å². The van der Waals surface area contributed by atoms with Gasteiger partial charge >= 0.3 is 0 Å². The van der Waals surface area contributed by atoms with E-state index in [-0.39, 0.29) is 17.2 Å². The summed E-state index contributed by atoms with van der Waals surface area (Å²) in [6.07, 6.45) is 0. The third-order valence-electron chi connectivity index (χ3n) is 4.87. The highest BCUT2D eigenvalue weighted by Crippen LogP contribution is 2.29. The molecule has 0 radical (unpaired) electrons. The van der Waals surface area contributed by atoms with Crippen LogP contribution in [-0.2, 0) is 4.79 Å². The van der Waals surface area contributed by atoms with Gasteiger partial charge in [0.25, 0.3) is 5.56 Å². The smallest absolute Gasteiger partial charge is 0.267 e. The summed E-state index contributed by atoms with van der Waals surface area (Å²) in [7, 11) is 0. The van der Waals surface area contributed by atoms with Crippen molar-refractivity contribution >= 4 is 56.5 Å². The molecule has 0 spiro atoms. The van der Waals surface area contributed by atoms with Crippen LogP contribution in [0.3, 0.4) is 0 Å². The van der Waals surface area contributed by atoms with Crippen molar-refractivity contribution in [1.82, 2.24) is 9.55 Å². The number of hydrogen-bond acceptors (Lipinski definition) is 5. The molecule has 8 heteroatoms. The van der Waals surface area contributed by atoms with Crippen molar-refractivity contribution in [3.8, 4) is 5.69 Å². The van der Waals surface area contributed by atoms with Crippen LogP contribution in [-0.4, -0.2) is 21.2 Å². The molecule has 0 aliphatic carbocycles. The van der Waals surface area contributed by atoms with Gasteiger partial charge in [-0.2, -0.15) is 0 Å². The molecule has 2 aromatic heterocycles.